The molecule has 146 valence electrons. The first-order valence-electron chi connectivity index (χ1n) is 8.90. The SMILES string of the molecule is Cc1cc(/C=N/NC(=O)c2cc3cc(Br)ccc3o2)c(C)n1-c1cccc(Cl)c1. The molecule has 0 spiro atoms. The van der Waals surface area contributed by atoms with Gasteiger partial charge in [0.25, 0.3) is 0 Å². The summed E-state index contributed by atoms with van der Waals surface area (Å²) in [5, 5.41) is 5.62. The van der Waals surface area contributed by atoms with Gasteiger partial charge >= 0.3 is 5.91 Å². The van der Waals surface area contributed by atoms with E-state index in [9.17, 15) is 4.79 Å². The predicted molar refractivity (Wildman–Crippen MR) is 119 cm³/mol. The summed E-state index contributed by atoms with van der Waals surface area (Å²) in [7, 11) is 0. The maximum atomic E-state index is 12.4. The second-order valence-electron chi connectivity index (χ2n) is 6.63. The normalized spacial score (nSPS) is 11.4. The molecular weight excluding hydrogens is 454 g/mol. The molecule has 0 unspecified atom stereocenters. The molecule has 0 saturated carbocycles. The number of aromatic nitrogens is 1. The average molecular weight is 471 g/mol. The second-order valence-corrected chi connectivity index (χ2v) is 7.99. The van der Waals surface area contributed by atoms with Gasteiger partial charge < -0.3 is 8.98 Å². The van der Waals surface area contributed by atoms with Crippen molar-refractivity contribution in [2.45, 2.75) is 13.8 Å². The Balaban J connectivity index is 1.53. The van der Waals surface area contributed by atoms with Gasteiger partial charge in [-0.25, -0.2) is 5.43 Å². The van der Waals surface area contributed by atoms with E-state index in [1.54, 1.807) is 12.3 Å². The van der Waals surface area contributed by atoms with E-state index in [-0.39, 0.29) is 5.76 Å². The molecule has 0 radical (unpaired) electrons. The van der Waals surface area contributed by atoms with Gasteiger partial charge in [-0.15, -0.1) is 0 Å². The van der Waals surface area contributed by atoms with Crippen molar-refractivity contribution in [3.05, 3.63) is 86.8 Å². The fraction of sp³-hybridized carbons (Fsp3) is 0.0909. The van der Waals surface area contributed by atoms with Crippen LogP contribution in [0.5, 0.6) is 0 Å². The Kier molecular flexibility index (Phi) is 5.30. The number of nitrogens with one attached hydrogen (secondary N) is 1. The topological polar surface area (TPSA) is 59.5 Å². The number of rotatable bonds is 4. The molecule has 2 aromatic carbocycles. The van der Waals surface area contributed by atoms with Gasteiger partial charge in [0.15, 0.2) is 5.76 Å². The Hall–Kier alpha value is -2.83. The molecular formula is C22H17BrClN3O2. The fourth-order valence-corrected chi connectivity index (χ4v) is 3.84. The molecule has 2 heterocycles. The third-order valence-electron chi connectivity index (χ3n) is 4.61. The summed E-state index contributed by atoms with van der Waals surface area (Å²) in [5.41, 5.74) is 7.08. The van der Waals surface area contributed by atoms with Crippen LogP contribution in [-0.2, 0) is 0 Å². The van der Waals surface area contributed by atoms with Gasteiger partial charge in [0, 0.05) is 37.5 Å². The second kappa shape index (κ2) is 7.89. The Morgan fingerprint density at radius 3 is 2.79 bits per heavy atom. The summed E-state index contributed by atoms with van der Waals surface area (Å²) < 4.78 is 8.59. The molecule has 1 amide bonds. The highest BCUT2D eigenvalue weighted by Crippen LogP contribution is 2.24. The summed E-state index contributed by atoms with van der Waals surface area (Å²) in [5.74, 6) is -0.197. The largest absolute Gasteiger partial charge is 0.451 e. The van der Waals surface area contributed by atoms with Crippen molar-refractivity contribution in [2.75, 3.05) is 0 Å². The van der Waals surface area contributed by atoms with Gasteiger partial charge in [0.05, 0.1) is 6.21 Å². The van der Waals surface area contributed by atoms with E-state index in [0.29, 0.717) is 10.6 Å². The first-order chi connectivity index (χ1) is 13.9. The van der Waals surface area contributed by atoms with Crippen molar-refractivity contribution >= 4 is 50.6 Å². The number of carbonyl (C=O) groups is 1. The van der Waals surface area contributed by atoms with E-state index in [1.165, 1.54) is 0 Å². The van der Waals surface area contributed by atoms with Crippen LogP contribution in [0.3, 0.4) is 0 Å². The van der Waals surface area contributed by atoms with E-state index in [1.807, 2.05) is 62.4 Å². The minimum absolute atomic E-state index is 0.208. The number of hydrazone groups is 1. The summed E-state index contributed by atoms with van der Waals surface area (Å²) in [6, 6.07) is 16.9. The van der Waals surface area contributed by atoms with Gasteiger partial charge in [-0.1, -0.05) is 33.6 Å². The van der Waals surface area contributed by atoms with E-state index < -0.39 is 5.91 Å². The Morgan fingerprint density at radius 1 is 1.17 bits per heavy atom. The van der Waals surface area contributed by atoms with Gasteiger partial charge in [0.2, 0.25) is 0 Å². The zero-order valence-electron chi connectivity index (χ0n) is 15.7. The van der Waals surface area contributed by atoms with Crippen LogP contribution in [-0.4, -0.2) is 16.7 Å². The van der Waals surface area contributed by atoms with E-state index in [0.717, 1.165) is 32.5 Å². The molecule has 4 aromatic rings. The minimum atomic E-state index is -0.405. The predicted octanol–water partition coefficient (Wildman–Crippen LogP) is 6.02. The molecule has 0 atom stereocenters. The van der Waals surface area contributed by atoms with Crippen molar-refractivity contribution in [3.8, 4) is 5.69 Å². The first-order valence-corrected chi connectivity index (χ1v) is 10.1. The van der Waals surface area contributed by atoms with Crippen LogP contribution in [0.1, 0.15) is 27.5 Å². The molecule has 4 rings (SSSR count). The molecule has 0 aliphatic carbocycles. The number of amides is 1. The molecule has 0 aliphatic rings. The van der Waals surface area contributed by atoms with Crippen LogP contribution in [0.4, 0.5) is 0 Å². The lowest BCUT2D eigenvalue weighted by Crippen LogP contribution is -2.16. The third kappa shape index (κ3) is 3.99. The van der Waals surface area contributed by atoms with E-state index in [4.69, 9.17) is 16.0 Å². The molecule has 7 heteroatoms. The summed E-state index contributed by atoms with van der Waals surface area (Å²) >= 11 is 9.53. The highest BCUT2D eigenvalue weighted by Gasteiger charge is 2.13. The minimum Gasteiger partial charge on any atom is -0.451 e. The Bertz CT molecular complexity index is 1260. The molecule has 0 bridgehead atoms. The number of furan rings is 1. The van der Waals surface area contributed by atoms with E-state index in [2.05, 4.69) is 31.0 Å². The monoisotopic (exact) mass is 469 g/mol. The number of carbonyl (C=O) groups excluding carboxylic acids is 1. The number of aryl methyl sites for hydroxylation is 1. The maximum Gasteiger partial charge on any atom is 0.307 e. The zero-order valence-corrected chi connectivity index (χ0v) is 18.1. The van der Waals surface area contributed by atoms with Gasteiger partial charge in [-0.3, -0.25) is 4.79 Å². The summed E-state index contributed by atoms with van der Waals surface area (Å²) in [6.45, 7) is 4.00. The molecule has 29 heavy (non-hydrogen) atoms. The number of benzene rings is 2. The molecule has 1 N–H and O–H groups in total. The van der Waals surface area contributed by atoms with Crippen molar-refractivity contribution in [1.29, 1.82) is 0 Å². The first kappa shape index (κ1) is 19.5. The Morgan fingerprint density at radius 2 is 2.00 bits per heavy atom. The van der Waals surface area contributed by atoms with E-state index >= 15 is 0 Å². The van der Waals surface area contributed by atoms with Crippen LogP contribution in [0.25, 0.3) is 16.7 Å². The lowest BCUT2D eigenvalue weighted by atomic mass is 10.2. The summed E-state index contributed by atoms with van der Waals surface area (Å²) in [4.78, 5) is 12.4. The van der Waals surface area contributed by atoms with Crippen molar-refractivity contribution in [1.82, 2.24) is 9.99 Å². The van der Waals surface area contributed by atoms with Gasteiger partial charge in [-0.05, 0) is 62.4 Å². The smallest absolute Gasteiger partial charge is 0.307 e. The zero-order chi connectivity index (χ0) is 20.5. The molecule has 0 saturated heterocycles. The van der Waals surface area contributed by atoms with Crippen LogP contribution < -0.4 is 5.43 Å². The third-order valence-corrected chi connectivity index (χ3v) is 5.34. The molecule has 2 aromatic heterocycles. The van der Waals surface area contributed by atoms with Crippen molar-refractivity contribution < 1.29 is 9.21 Å². The average Bonchev–Trinajstić information content (AvgIpc) is 3.22. The molecule has 5 nitrogen and oxygen atoms in total. The number of halogens is 2. The quantitative estimate of drug-likeness (QED) is 0.293. The van der Waals surface area contributed by atoms with Gasteiger partial charge in [-0.2, -0.15) is 5.10 Å². The Labute approximate surface area is 181 Å². The fourth-order valence-electron chi connectivity index (χ4n) is 3.27. The highest BCUT2D eigenvalue weighted by molar-refractivity contribution is 9.10. The number of nitrogens with zero attached hydrogens (tertiary/aromatic N) is 2. The van der Waals surface area contributed by atoms with Crippen molar-refractivity contribution in [2.24, 2.45) is 5.10 Å². The van der Waals surface area contributed by atoms with Crippen LogP contribution >= 0.6 is 27.5 Å². The summed E-state index contributed by atoms with van der Waals surface area (Å²) in [6.07, 6.45) is 1.63. The van der Waals surface area contributed by atoms with Crippen LogP contribution in [0.2, 0.25) is 5.02 Å². The number of fused-ring (bicyclic) bond motifs is 1. The molecule has 0 fully saturated rings. The lowest BCUT2D eigenvalue weighted by molar-refractivity contribution is 0.0929. The number of hydrogen-bond acceptors (Lipinski definition) is 3. The molecule has 0 aliphatic heterocycles. The lowest BCUT2D eigenvalue weighted by Gasteiger charge is -2.09. The van der Waals surface area contributed by atoms with Gasteiger partial charge in [0.1, 0.15) is 5.58 Å². The number of hydrogen-bond donors (Lipinski definition) is 1. The highest BCUT2D eigenvalue weighted by atomic mass is 79.9. The van der Waals surface area contributed by atoms with Crippen LogP contribution in [0, 0.1) is 13.8 Å². The standard InChI is InChI=1S/C22H17BrClN3O2/c1-13-8-16(14(2)27(13)19-5-3-4-18(24)11-19)12-25-26-22(28)21-10-15-9-17(23)6-7-20(15)29-21/h3-12H,1-2H3,(H,26,28)/b25-12+. The van der Waals surface area contributed by atoms with Crippen LogP contribution in [0.15, 0.2) is 68.6 Å². The maximum absolute atomic E-state index is 12.4. The van der Waals surface area contributed by atoms with Crippen molar-refractivity contribution in [3.63, 3.8) is 0 Å².